The second kappa shape index (κ2) is 18.0. The molecule has 3 aromatic rings. The maximum Gasteiger partial charge on any atom is 0.416 e. The van der Waals surface area contributed by atoms with Gasteiger partial charge in [0.05, 0.1) is 36.7 Å². The summed E-state index contributed by atoms with van der Waals surface area (Å²) in [5.74, 6) is 0.846. The van der Waals surface area contributed by atoms with Gasteiger partial charge in [-0.15, -0.1) is 11.6 Å². The van der Waals surface area contributed by atoms with Crippen LogP contribution in [0.25, 0.3) is 10.8 Å². The summed E-state index contributed by atoms with van der Waals surface area (Å²) in [6.45, 7) is 7.67. The zero-order chi connectivity index (χ0) is 38.5. The van der Waals surface area contributed by atoms with Crippen molar-refractivity contribution in [2.75, 3.05) is 49.1 Å². The third-order valence-electron chi connectivity index (χ3n) is 10.5. The molecule has 14 heteroatoms. The Labute approximate surface area is 330 Å². The number of carbonyl (C=O) groups is 3. The van der Waals surface area contributed by atoms with Crippen LogP contribution in [0.3, 0.4) is 0 Å². The van der Waals surface area contributed by atoms with Gasteiger partial charge in [0.1, 0.15) is 12.4 Å². The number of hydrogen-bond donors (Lipinski definition) is 2. The molecule has 6 rings (SSSR count). The van der Waals surface area contributed by atoms with Crippen molar-refractivity contribution in [3.8, 4) is 17.2 Å². The highest BCUT2D eigenvalue weighted by Gasteiger charge is 2.45. The molecule has 3 aliphatic rings. The summed E-state index contributed by atoms with van der Waals surface area (Å²) in [4.78, 5) is 45.5. The molecule has 3 heterocycles. The van der Waals surface area contributed by atoms with Gasteiger partial charge in [-0.25, -0.2) is 9.69 Å². The number of benzene rings is 3. The van der Waals surface area contributed by atoms with Gasteiger partial charge >= 0.3 is 6.09 Å². The van der Waals surface area contributed by atoms with Crippen molar-refractivity contribution in [2.45, 2.75) is 94.4 Å². The lowest BCUT2D eigenvalue weighted by atomic mass is 9.95. The summed E-state index contributed by atoms with van der Waals surface area (Å²) in [6, 6.07) is 11.9. The topological polar surface area (TPSA) is 129 Å². The van der Waals surface area contributed by atoms with Crippen LogP contribution < -0.4 is 19.3 Å². The highest BCUT2D eigenvalue weighted by Crippen LogP contribution is 2.46. The molecule has 0 aromatic heterocycles. The Morgan fingerprint density at radius 1 is 1.02 bits per heavy atom. The van der Waals surface area contributed by atoms with Crippen molar-refractivity contribution in [3.63, 3.8) is 0 Å². The monoisotopic (exact) mass is 799 g/mol. The highest BCUT2D eigenvalue weighted by molar-refractivity contribution is 8.77. The van der Waals surface area contributed by atoms with Gasteiger partial charge < -0.3 is 34.2 Å². The van der Waals surface area contributed by atoms with E-state index in [1.54, 1.807) is 49.6 Å². The lowest BCUT2D eigenvalue weighted by Crippen LogP contribution is -2.51. The van der Waals surface area contributed by atoms with Crippen LogP contribution in [0, 0.1) is 0 Å². The van der Waals surface area contributed by atoms with Crippen LogP contribution in [-0.2, 0) is 9.53 Å². The molecule has 0 saturated carbocycles. The fraction of sp³-hybridized carbons (Fsp3) is 0.525. The van der Waals surface area contributed by atoms with E-state index in [1.165, 1.54) is 12.0 Å². The average molecular weight is 800 g/mol. The molecule has 1 fully saturated rings. The Balaban J connectivity index is 1.10. The third-order valence-corrected chi connectivity index (χ3v) is 14.4. The maximum absolute atomic E-state index is 13.8. The Morgan fingerprint density at radius 3 is 2.52 bits per heavy atom. The Kier molecular flexibility index (Phi) is 13.4. The number of phenols is 1. The van der Waals surface area contributed by atoms with Crippen LogP contribution in [0.15, 0.2) is 42.5 Å². The molecule has 292 valence electrons. The van der Waals surface area contributed by atoms with E-state index in [-0.39, 0.29) is 46.6 Å². The lowest BCUT2D eigenvalue weighted by Gasteiger charge is -2.32. The number of halogens is 1. The molecule has 11 nitrogen and oxygen atoms in total. The predicted octanol–water partition coefficient (Wildman–Crippen LogP) is 8.31. The number of hydrogen-bond acceptors (Lipinski definition) is 10. The number of ether oxygens (including phenoxy) is 3. The molecule has 3 aromatic carbocycles. The summed E-state index contributed by atoms with van der Waals surface area (Å²) >= 11 is 6.35. The summed E-state index contributed by atoms with van der Waals surface area (Å²) < 4.78 is 17.6. The number of fused-ring (bicyclic) bond motifs is 5. The van der Waals surface area contributed by atoms with Gasteiger partial charge in [0, 0.05) is 59.3 Å². The van der Waals surface area contributed by atoms with E-state index in [0.717, 1.165) is 34.9 Å². The number of aliphatic hydroxyl groups excluding tert-OH is 1. The van der Waals surface area contributed by atoms with E-state index in [0.29, 0.717) is 74.4 Å². The van der Waals surface area contributed by atoms with E-state index in [9.17, 15) is 24.6 Å². The second-order valence-corrected chi connectivity index (χ2v) is 17.7. The quantitative estimate of drug-likeness (QED) is 0.0880. The van der Waals surface area contributed by atoms with Gasteiger partial charge in [0.15, 0.2) is 17.7 Å². The number of unbranched alkanes of at least 4 members (excludes halogenated alkanes) is 2. The first-order valence-electron chi connectivity index (χ1n) is 18.8. The lowest BCUT2D eigenvalue weighted by molar-refractivity contribution is -0.118. The molecule has 5 atom stereocenters. The van der Waals surface area contributed by atoms with E-state index in [4.69, 9.17) is 25.8 Å². The fourth-order valence-corrected chi connectivity index (χ4v) is 10.0. The van der Waals surface area contributed by atoms with Gasteiger partial charge in [0.25, 0.3) is 5.91 Å². The average Bonchev–Trinajstić information content (AvgIpc) is 3.81. The van der Waals surface area contributed by atoms with Crippen LogP contribution in [-0.4, -0.2) is 95.1 Å². The summed E-state index contributed by atoms with van der Waals surface area (Å²) in [7, 11) is 4.90. The molecular formula is C40H50ClN3O8S2. The number of methoxy groups -OCH3 is 1. The van der Waals surface area contributed by atoms with Crippen molar-refractivity contribution >= 4 is 73.2 Å². The second-order valence-electron chi connectivity index (χ2n) is 14.2. The molecule has 0 radical (unpaired) electrons. The Bertz CT molecular complexity index is 1850. The van der Waals surface area contributed by atoms with Crippen LogP contribution >= 0.6 is 33.2 Å². The predicted molar refractivity (Wildman–Crippen MR) is 217 cm³/mol. The Hall–Kier alpha value is -3.52. The summed E-state index contributed by atoms with van der Waals surface area (Å²) in [5.41, 5.74) is 2.16. The minimum Gasteiger partial charge on any atom is -0.507 e. The molecule has 3 amide bonds. The number of rotatable bonds is 15. The van der Waals surface area contributed by atoms with E-state index in [2.05, 4.69) is 13.8 Å². The zero-order valence-corrected chi connectivity index (χ0v) is 33.7. The van der Waals surface area contributed by atoms with Crippen LogP contribution in [0.5, 0.6) is 17.2 Å². The van der Waals surface area contributed by atoms with Crippen LogP contribution in [0.1, 0.15) is 87.6 Å². The first-order valence-corrected chi connectivity index (χ1v) is 21.6. The molecule has 1 saturated heterocycles. The number of aromatic hydroxyl groups is 1. The third kappa shape index (κ3) is 8.34. The van der Waals surface area contributed by atoms with Crippen molar-refractivity contribution in [3.05, 3.63) is 53.6 Å². The summed E-state index contributed by atoms with van der Waals surface area (Å²) in [6.07, 6.45) is 2.58. The largest absolute Gasteiger partial charge is 0.507 e. The zero-order valence-electron chi connectivity index (χ0n) is 31.3. The molecule has 3 unspecified atom stereocenters. The SMILES string of the molecule is CCC(C)SSC(C)COC(=O)N1c2cc(OCCCCCC(=O)N3C[C@@H](CCl)c4c3cc(O)c3ccccc43)c(OC)cc2C(=O)N2CCC[C@H]2C1O. The minimum absolute atomic E-state index is 0.0208. The number of nitrogens with zero attached hydrogens (tertiary/aromatic N) is 3. The van der Waals surface area contributed by atoms with Crippen LogP contribution in [0.2, 0.25) is 0 Å². The van der Waals surface area contributed by atoms with Crippen molar-refractivity contribution < 1.29 is 38.8 Å². The smallest absolute Gasteiger partial charge is 0.416 e. The molecule has 3 aliphatic heterocycles. The van der Waals surface area contributed by atoms with Gasteiger partial charge in [-0.05, 0) is 62.5 Å². The van der Waals surface area contributed by atoms with Gasteiger partial charge in [-0.2, -0.15) is 0 Å². The maximum atomic E-state index is 13.8. The molecule has 54 heavy (non-hydrogen) atoms. The highest BCUT2D eigenvalue weighted by atomic mass is 35.5. The molecule has 0 bridgehead atoms. The van der Waals surface area contributed by atoms with Gasteiger partial charge in [0.2, 0.25) is 5.91 Å². The number of anilines is 2. The van der Waals surface area contributed by atoms with Crippen LogP contribution in [0.4, 0.5) is 16.2 Å². The number of alkyl halides is 1. The van der Waals surface area contributed by atoms with E-state index < -0.39 is 18.4 Å². The number of aliphatic hydroxyl groups is 1. The fourth-order valence-electron chi connectivity index (χ4n) is 7.43. The number of phenolic OH excluding ortho intramolecular Hbond substituents is 1. The normalized spacial score (nSPS) is 20.3. The van der Waals surface area contributed by atoms with Crippen molar-refractivity contribution in [1.82, 2.24) is 4.90 Å². The van der Waals surface area contributed by atoms with Gasteiger partial charge in [-0.3, -0.25) is 9.59 Å². The standard InChI is InChI=1S/C40H50ClN3O8S2/c1-5-24(2)53-54-25(3)23-52-40(49)44-31-20-35(34(50-4)18-29(31)38(47)42-16-11-14-30(42)39(44)48)51-17-10-6-7-15-36(46)43-22-26(21-41)37-28-13-9-8-12-27(28)33(45)19-32(37)43/h8-9,12-13,18-20,24-26,30,39,45,48H,5-7,10-11,14-17,21-23H2,1-4H3/t24?,25?,26-,30+,39?/m1/s1. The van der Waals surface area contributed by atoms with Crippen molar-refractivity contribution in [1.29, 1.82) is 0 Å². The number of amides is 3. The molecule has 2 N–H and O–H groups in total. The molecule has 0 aliphatic carbocycles. The van der Waals surface area contributed by atoms with Crippen molar-refractivity contribution in [2.24, 2.45) is 0 Å². The molecule has 0 spiro atoms. The van der Waals surface area contributed by atoms with E-state index in [1.807, 2.05) is 31.2 Å². The summed E-state index contributed by atoms with van der Waals surface area (Å²) in [5, 5.41) is 24.5. The Morgan fingerprint density at radius 2 is 1.78 bits per heavy atom. The first-order chi connectivity index (χ1) is 26.1. The first kappa shape index (κ1) is 40.2. The van der Waals surface area contributed by atoms with E-state index >= 15 is 0 Å². The molecular weight excluding hydrogens is 750 g/mol. The number of carbonyl (C=O) groups excluding carboxylic acids is 3. The minimum atomic E-state index is -1.30. The van der Waals surface area contributed by atoms with Gasteiger partial charge in [-0.1, -0.05) is 59.7 Å².